The number of alkyl halides is 3. The number of carbonyl (C=O) groups excluding carboxylic acids is 1. The topological polar surface area (TPSA) is 38.3 Å². The Kier molecular flexibility index (Phi) is 6.08. The summed E-state index contributed by atoms with van der Waals surface area (Å²) in [5.74, 6) is 0.394. The summed E-state index contributed by atoms with van der Waals surface area (Å²) < 4.78 is 44.0. The number of aryl methyl sites for hydroxylation is 1. The van der Waals surface area contributed by atoms with Crippen molar-refractivity contribution >= 4 is 11.6 Å². The molecule has 1 N–H and O–H groups in total. The second-order valence-corrected chi connectivity index (χ2v) is 7.34. The molecule has 150 valence electrons. The van der Waals surface area contributed by atoms with E-state index in [1.165, 1.54) is 17.7 Å². The van der Waals surface area contributed by atoms with E-state index in [4.69, 9.17) is 4.74 Å². The summed E-state index contributed by atoms with van der Waals surface area (Å²) >= 11 is 0. The van der Waals surface area contributed by atoms with Crippen LogP contribution in [0.5, 0.6) is 0 Å². The molecule has 6 heteroatoms. The first kappa shape index (κ1) is 20.4. The molecule has 0 saturated carbocycles. The molecule has 3 rings (SSSR count). The van der Waals surface area contributed by atoms with E-state index in [1.54, 1.807) is 0 Å². The van der Waals surface area contributed by atoms with Crippen LogP contribution in [-0.2, 0) is 10.9 Å². The molecule has 1 saturated heterocycles. The highest BCUT2D eigenvalue weighted by molar-refractivity contribution is 6.04. The molecule has 1 aliphatic rings. The minimum absolute atomic E-state index is 0.0212. The number of hydrogen-bond acceptors (Lipinski definition) is 2. The van der Waals surface area contributed by atoms with E-state index in [-0.39, 0.29) is 5.56 Å². The van der Waals surface area contributed by atoms with Gasteiger partial charge in [0.05, 0.1) is 5.56 Å². The maximum absolute atomic E-state index is 12.8. The number of anilines is 1. The monoisotopic (exact) mass is 391 g/mol. The lowest BCUT2D eigenvalue weighted by Gasteiger charge is -2.29. The van der Waals surface area contributed by atoms with Gasteiger partial charge in [-0.3, -0.25) is 4.79 Å². The van der Waals surface area contributed by atoms with Crippen LogP contribution in [0.2, 0.25) is 0 Å². The maximum atomic E-state index is 12.8. The number of hydrogen-bond donors (Lipinski definition) is 1. The third-order valence-electron chi connectivity index (χ3n) is 5.44. The molecule has 0 aliphatic carbocycles. The van der Waals surface area contributed by atoms with Crippen molar-refractivity contribution in [2.45, 2.75) is 38.8 Å². The highest BCUT2D eigenvalue weighted by Gasteiger charge is 2.31. The third kappa shape index (κ3) is 4.73. The van der Waals surface area contributed by atoms with Gasteiger partial charge in [0.1, 0.15) is 0 Å². The first-order valence-corrected chi connectivity index (χ1v) is 9.42. The second kappa shape index (κ2) is 8.35. The van der Waals surface area contributed by atoms with Crippen molar-refractivity contribution in [2.24, 2.45) is 5.92 Å². The van der Waals surface area contributed by atoms with Gasteiger partial charge < -0.3 is 10.1 Å². The minimum Gasteiger partial charge on any atom is -0.381 e. The lowest BCUT2D eigenvalue weighted by Crippen LogP contribution is -2.21. The Morgan fingerprint density at radius 1 is 1.14 bits per heavy atom. The van der Waals surface area contributed by atoms with Gasteiger partial charge in [-0.25, -0.2) is 0 Å². The van der Waals surface area contributed by atoms with Gasteiger partial charge >= 0.3 is 6.18 Å². The summed E-state index contributed by atoms with van der Waals surface area (Å²) in [7, 11) is 0. The largest absolute Gasteiger partial charge is 0.416 e. The smallest absolute Gasteiger partial charge is 0.381 e. The van der Waals surface area contributed by atoms with Crippen LogP contribution in [0.4, 0.5) is 18.9 Å². The molecule has 0 aromatic heterocycles. The number of benzene rings is 2. The van der Waals surface area contributed by atoms with Crippen molar-refractivity contribution in [3.05, 3.63) is 64.7 Å². The van der Waals surface area contributed by atoms with Crippen LogP contribution in [0.1, 0.15) is 52.7 Å². The molecule has 2 aromatic carbocycles. The van der Waals surface area contributed by atoms with Crippen molar-refractivity contribution in [3.8, 4) is 0 Å². The molecule has 0 radical (unpaired) electrons. The average molecular weight is 391 g/mol. The number of halogens is 3. The second-order valence-electron chi connectivity index (χ2n) is 7.34. The van der Waals surface area contributed by atoms with E-state index >= 15 is 0 Å². The van der Waals surface area contributed by atoms with Gasteiger partial charge in [0.2, 0.25) is 0 Å². The third-order valence-corrected chi connectivity index (χ3v) is 5.44. The predicted molar refractivity (Wildman–Crippen MR) is 103 cm³/mol. The van der Waals surface area contributed by atoms with E-state index in [9.17, 15) is 18.0 Å². The van der Waals surface area contributed by atoms with Gasteiger partial charge in [-0.1, -0.05) is 19.1 Å². The summed E-state index contributed by atoms with van der Waals surface area (Å²) in [5.41, 5.74) is 2.00. The fourth-order valence-corrected chi connectivity index (χ4v) is 3.77. The van der Waals surface area contributed by atoms with Crippen LogP contribution in [-0.4, -0.2) is 19.1 Å². The molecule has 1 atom stereocenters. The maximum Gasteiger partial charge on any atom is 0.416 e. The average Bonchev–Trinajstić information content (AvgIpc) is 2.68. The highest BCUT2D eigenvalue weighted by Crippen LogP contribution is 2.34. The van der Waals surface area contributed by atoms with Gasteiger partial charge in [-0.05, 0) is 73.1 Å². The van der Waals surface area contributed by atoms with E-state index in [1.807, 2.05) is 25.1 Å². The molecule has 1 fully saturated rings. The van der Waals surface area contributed by atoms with Crippen LogP contribution >= 0.6 is 0 Å². The summed E-state index contributed by atoms with van der Waals surface area (Å²) in [6, 6.07) is 10.1. The quantitative estimate of drug-likeness (QED) is 0.716. The zero-order chi connectivity index (χ0) is 20.3. The summed E-state index contributed by atoms with van der Waals surface area (Å²) in [6.45, 7) is 5.78. The summed E-state index contributed by atoms with van der Waals surface area (Å²) in [5, 5.41) is 2.70. The SMILES string of the molecule is Cc1cc(NC(=O)c2cccc(C(F)(F)F)c2)ccc1C(C)C1CCOCC1. The van der Waals surface area contributed by atoms with Crippen LogP contribution in [0, 0.1) is 12.8 Å². The molecule has 1 aliphatic heterocycles. The number of carbonyl (C=O) groups is 1. The summed E-state index contributed by atoms with van der Waals surface area (Å²) in [6.07, 6.45) is -2.40. The molecule has 1 heterocycles. The molecule has 1 unspecified atom stereocenters. The van der Waals surface area contributed by atoms with Crippen molar-refractivity contribution in [1.82, 2.24) is 0 Å². The Balaban J connectivity index is 1.73. The highest BCUT2D eigenvalue weighted by atomic mass is 19.4. The Labute approximate surface area is 162 Å². The van der Waals surface area contributed by atoms with Gasteiger partial charge in [0.25, 0.3) is 5.91 Å². The standard InChI is InChI=1S/C22H24F3NO2/c1-14-12-19(6-7-20(14)15(2)16-8-10-28-11-9-16)26-21(27)17-4-3-5-18(13-17)22(23,24)25/h3-7,12-13,15-16H,8-11H2,1-2H3,(H,26,27). The zero-order valence-electron chi connectivity index (χ0n) is 16.0. The molecular weight excluding hydrogens is 367 g/mol. The van der Waals surface area contributed by atoms with Gasteiger partial charge in [0.15, 0.2) is 0 Å². The molecule has 28 heavy (non-hydrogen) atoms. The van der Waals surface area contributed by atoms with Gasteiger partial charge in [-0.2, -0.15) is 13.2 Å². The van der Waals surface area contributed by atoms with Crippen molar-refractivity contribution in [3.63, 3.8) is 0 Å². The Morgan fingerprint density at radius 2 is 1.86 bits per heavy atom. The Bertz CT molecular complexity index is 842. The van der Waals surface area contributed by atoms with Crippen LogP contribution < -0.4 is 5.32 Å². The van der Waals surface area contributed by atoms with Crippen molar-refractivity contribution in [2.75, 3.05) is 18.5 Å². The molecule has 0 spiro atoms. The summed E-state index contributed by atoms with van der Waals surface area (Å²) in [4.78, 5) is 12.4. The van der Waals surface area contributed by atoms with E-state index in [2.05, 4.69) is 12.2 Å². The van der Waals surface area contributed by atoms with Crippen molar-refractivity contribution in [1.29, 1.82) is 0 Å². The van der Waals surface area contributed by atoms with Crippen LogP contribution in [0.3, 0.4) is 0 Å². The van der Waals surface area contributed by atoms with E-state index in [0.29, 0.717) is 17.5 Å². The molecule has 2 aromatic rings. The van der Waals surface area contributed by atoms with Gasteiger partial charge in [0, 0.05) is 24.5 Å². The number of nitrogens with one attached hydrogen (secondary N) is 1. The van der Waals surface area contributed by atoms with E-state index in [0.717, 1.165) is 43.8 Å². The number of amides is 1. The van der Waals surface area contributed by atoms with E-state index < -0.39 is 17.6 Å². The first-order chi connectivity index (χ1) is 13.3. The molecule has 3 nitrogen and oxygen atoms in total. The number of ether oxygens (including phenoxy) is 1. The number of rotatable bonds is 4. The zero-order valence-corrected chi connectivity index (χ0v) is 16.0. The van der Waals surface area contributed by atoms with Crippen LogP contribution in [0.15, 0.2) is 42.5 Å². The fraction of sp³-hybridized carbons (Fsp3) is 0.409. The normalized spacial score (nSPS) is 16.6. The van der Waals surface area contributed by atoms with Crippen molar-refractivity contribution < 1.29 is 22.7 Å². The fourth-order valence-electron chi connectivity index (χ4n) is 3.77. The lowest BCUT2D eigenvalue weighted by molar-refractivity contribution is -0.137. The Hall–Kier alpha value is -2.34. The van der Waals surface area contributed by atoms with Gasteiger partial charge in [-0.15, -0.1) is 0 Å². The molecular formula is C22H24F3NO2. The van der Waals surface area contributed by atoms with Crippen LogP contribution in [0.25, 0.3) is 0 Å². The minimum atomic E-state index is -4.48. The lowest BCUT2D eigenvalue weighted by atomic mass is 9.81. The molecule has 0 bridgehead atoms. The first-order valence-electron chi connectivity index (χ1n) is 9.42. The predicted octanol–water partition coefficient (Wildman–Crippen LogP) is 5.80. The Morgan fingerprint density at radius 3 is 2.50 bits per heavy atom. The molecule has 1 amide bonds.